The van der Waals surface area contributed by atoms with Crippen LogP contribution < -0.4 is 5.32 Å². The first-order chi connectivity index (χ1) is 8.76. The molecule has 1 saturated heterocycles. The Morgan fingerprint density at radius 2 is 2.33 bits per heavy atom. The van der Waals surface area contributed by atoms with Gasteiger partial charge in [0.15, 0.2) is 5.82 Å². The van der Waals surface area contributed by atoms with Crippen LogP contribution in [0.25, 0.3) is 0 Å². The van der Waals surface area contributed by atoms with Crippen molar-refractivity contribution in [1.82, 2.24) is 15.3 Å². The maximum absolute atomic E-state index is 5.90. The highest BCUT2D eigenvalue weighted by Crippen LogP contribution is 2.32. The lowest BCUT2D eigenvalue weighted by atomic mass is 9.95. The number of nitrogens with one attached hydrogen (secondary N) is 1. The summed E-state index contributed by atoms with van der Waals surface area (Å²) in [7, 11) is 0. The Labute approximate surface area is 108 Å². The van der Waals surface area contributed by atoms with E-state index in [9.17, 15) is 0 Å². The fourth-order valence-electron chi connectivity index (χ4n) is 2.40. The van der Waals surface area contributed by atoms with Crippen molar-refractivity contribution in [1.29, 1.82) is 0 Å². The number of ether oxygens (including phenoxy) is 1. The van der Waals surface area contributed by atoms with Gasteiger partial charge >= 0.3 is 0 Å². The van der Waals surface area contributed by atoms with E-state index in [-0.39, 0.29) is 5.60 Å². The number of rotatable bonds is 4. The third kappa shape index (κ3) is 2.70. The van der Waals surface area contributed by atoms with Gasteiger partial charge in [0.2, 0.25) is 0 Å². The van der Waals surface area contributed by atoms with Gasteiger partial charge in [-0.2, -0.15) is 0 Å². The average molecular weight is 247 g/mol. The Bertz CT molecular complexity index is 411. The fourth-order valence-corrected chi connectivity index (χ4v) is 2.40. The second-order valence-corrected chi connectivity index (χ2v) is 5.56. The van der Waals surface area contributed by atoms with E-state index in [1.54, 1.807) is 0 Å². The minimum absolute atomic E-state index is 0.284. The molecular formula is C14H21N3O. The fraction of sp³-hybridized carbons (Fsp3) is 0.714. The molecule has 1 unspecified atom stereocenters. The minimum atomic E-state index is -0.284. The van der Waals surface area contributed by atoms with E-state index in [0.29, 0.717) is 6.04 Å². The van der Waals surface area contributed by atoms with Crippen molar-refractivity contribution < 1.29 is 4.74 Å². The summed E-state index contributed by atoms with van der Waals surface area (Å²) in [6.45, 7) is 3.78. The van der Waals surface area contributed by atoms with Crippen molar-refractivity contribution in [2.75, 3.05) is 6.61 Å². The Hall–Kier alpha value is -1.00. The van der Waals surface area contributed by atoms with Crippen molar-refractivity contribution in [3.63, 3.8) is 0 Å². The molecule has 0 bridgehead atoms. The highest BCUT2D eigenvalue weighted by Gasteiger charge is 2.33. The third-order valence-electron chi connectivity index (χ3n) is 3.80. The van der Waals surface area contributed by atoms with Crippen LogP contribution in [0.4, 0.5) is 0 Å². The summed E-state index contributed by atoms with van der Waals surface area (Å²) in [5.41, 5.74) is 0.788. The maximum atomic E-state index is 5.90. The molecule has 0 radical (unpaired) electrons. The van der Waals surface area contributed by atoms with Gasteiger partial charge in [-0.05, 0) is 45.1 Å². The van der Waals surface area contributed by atoms with Crippen LogP contribution in [0.5, 0.6) is 0 Å². The minimum Gasteiger partial charge on any atom is -0.367 e. The van der Waals surface area contributed by atoms with Crippen LogP contribution in [0.1, 0.15) is 50.5 Å². The molecule has 2 fully saturated rings. The number of aromatic nitrogens is 2. The summed E-state index contributed by atoms with van der Waals surface area (Å²) in [6, 6.07) is 2.70. The zero-order chi connectivity index (χ0) is 12.4. The quantitative estimate of drug-likeness (QED) is 0.885. The number of nitrogens with zero attached hydrogens (tertiary/aromatic N) is 2. The summed E-state index contributed by atoms with van der Waals surface area (Å²) < 4.78 is 5.90. The van der Waals surface area contributed by atoms with Crippen LogP contribution in [0.15, 0.2) is 12.3 Å². The molecule has 2 heterocycles. The molecule has 98 valence electrons. The van der Waals surface area contributed by atoms with Gasteiger partial charge < -0.3 is 10.1 Å². The SMILES string of the molecule is CC1(c2nccc(CNC3CC3)n2)CCCCO1. The largest absolute Gasteiger partial charge is 0.367 e. The number of hydrogen-bond acceptors (Lipinski definition) is 4. The Balaban J connectivity index is 1.72. The van der Waals surface area contributed by atoms with Crippen molar-refractivity contribution in [2.24, 2.45) is 0 Å². The van der Waals surface area contributed by atoms with E-state index in [1.807, 2.05) is 12.3 Å². The maximum Gasteiger partial charge on any atom is 0.160 e. The summed E-state index contributed by atoms with van der Waals surface area (Å²) >= 11 is 0. The van der Waals surface area contributed by atoms with E-state index in [2.05, 4.69) is 22.2 Å². The van der Waals surface area contributed by atoms with E-state index in [1.165, 1.54) is 19.3 Å². The van der Waals surface area contributed by atoms with E-state index in [0.717, 1.165) is 37.5 Å². The molecule has 2 aliphatic rings. The molecule has 0 amide bonds. The second kappa shape index (κ2) is 4.94. The predicted molar refractivity (Wildman–Crippen MR) is 69.0 cm³/mol. The zero-order valence-corrected chi connectivity index (χ0v) is 11.0. The highest BCUT2D eigenvalue weighted by atomic mass is 16.5. The van der Waals surface area contributed by atoms with Crippen LogP contribution in [-0.4, -0.2) is 22.6 Å². The molecule has 0 aromatic carbocycles. The third-order valence-corrected chi connectivity index (χ3v) is 3.80. The molecule has 4 nitrogen and oxygen atoms in total. The number of hydrogen-bond donors (Lipinski definition) is 1. The smallest absolute Gasteiger partial charge is 0.160 e. The molecule has 1 aromatic rings. The van der Waals surface area contributed by atoms with Crippen molar-refractivity contribution in [3.8, 4) is 0 Å². The first-order valence-electron chi connectivity index (χ1n) is 6.96. The van der Waals surface area contributed by atoms with Gasteiger partial charge in [-0.3, -0.25) is 0 Å². The molecule has 3 rings (SSSR count). The van der Waals surface area contributed by atoms with Crippen molar-refractivity contribution in [2.45, 2.75) is 57.2 Å². The topological polar surface area (TPSA) is 47.0 Å². The summed E-state index contributed by atoms with van der Waals surface area (Å²) in [5, 5.41) is 3.48. The van der Waals surface area contributed by atoms with Gasteiger partial charge in [-0.1, -0.05) is 0 Å². The summed E-state index contributed by atoms with van der Waals surface area (Å²) in [4.78, 5) is 9.08. The summed E-state index contributed by atoms with van der Waals surface area (Å²) in [6.07, 6.45) is 7.84. The van der Waals surface area contributed by atoms with Crippen LogP contribution in [0.2, 0.25) is 0 Å². The molecule has 1 aliphatic carbocycles. The Morgan fingerprint density at radius 3 is 3.06 bits per heavy atom. The van der Waals surface area contributed by atoms with Gasteiger partial charge in [0.05, 0.1) is 5.69 Å². The normalized spacial score (nSPS) is 28.3. The van der Waals surface area contributed by atoms with Crippen molar-refractivity contribution >= 4 is 0 Å². The summed E-state index contributed by atoms with van der Waals surface area (Å²) in [5.74, 6) is 0.845. The van der Waals surface area contributed by atoms with Gasteiger partial charge in [-0.15, -0.1) is 0 Å². The molecule has 1 aromatic heterocycles. The lowest BCUT2D eigenvalue weighted by molar-refractivity contribution is -0.0761. The van der Waals surface area contributed by atoms with E-state index in [4.69, 9.17) is 4.74 Å². The van der Waals surface area contributed by atoms with Crippen LogP contribution in [0.3, 0.4) is 0 Å². The molecule has 4 heteroatoms. The van der Waals surface area contributed by atoms with Crippen LogP contribution >= 0.6 is 0 Å². The lowest BCUT2D eigenvalue weighted by Gasteiger charge is -2.32. The lowest BCUT2D eigenvalue weighted by Crippen LogP contribution is -2.32. The molecule has 1 atom stereocenters. The standard InChI is InChI=1S/C14H21N3O/c1-14(7-2-3-9-18-14)13-15-8-6-12(17-13)10-16-11-4-5-11/h6,8,11,16H,2-5,7,9-10H2,1H3. The second-order valence-electron chi connectivity index (χ2n) is 5.56. The Kier molecular flexibility index (Phi) is 3.31. The van der Waals surface area contributed by atoms with Gasteiger partial charge in [0.1, 0.15) is 5.60 Å². The first-order valence-corrected chi connectivity index (χ1v) is 6.96. The molecule has 18 heavy (non-hydrogen) atoms. The molecule has 0 spiro atoms. The first kappa shape index (κ1) is 12.1. The molecule has 1 N–H and O–H groups in total. The average Bonchev–Trinajstić information content (AvgIpc) is 3.22. The molecule has 1 saturated carbocycles. The molecular weight excluding hydrogens is 226 g/mol. The van der Waals surface area contributed by atoms with Gasteiger partial charge in [0, 0.05) is 25.4 Å². The Morgan fingerprint density at radius 1 is 1.44 bits per heavy atom. The predicted octanol–water partition coefficient (Wildman–Crippen LogP) is 2.14. The van der Waals surface area contributed by atoms with E-state index >= 15 is 0 Å². The molecule has 1 aliphatic heterocycles. The monoisotopic (exact) mass is 247 g/mol. The van der Waals surface area contributed by atoms with Gasteiger partial charge in [-0.25, -0.2) is 9.97 Å². The zero-order valence-electron chi connectivity index (χ0n) is 11.0. The van der Waals surface area contributed by atoms with E-state index < -0.39 is 0 Å². The highest BCUT2D eigenvalue weighted by molar-refractivity contribution is 5.08. The van der Waals surface area contributed by atoms with Gasteiger partial charge in [0.25, 0.3) is 0 Å². The van der Waals surface area contributed by atoms with Crippen LogP contribution in [0, 0.1) is 0 Å². The van der Waals surface area contributed by atoms with Crippen molar-refractivity contribution in [3.05, 3.63) is 23.8 Å². The van der Waals surface area contributed by atoms with Crippen LogP contribution in [-0.2, 0) is 16.9 Å².